The van der Waals surface area contributed by atoms with Gasteiger partial charge in [-0.2, -0.15) is 0 Å². The molecule has 4 rings (SSSR count). The highest BCUT2D eigenvalue weighted by Crippen LogP contribution is 2.39. The van der Waals surface area contributed by atoms with Crippen molar-refractivity contribution in [2.24, 2.45) is 0 Å². The van der Waals surface area contributed by atoms with E-state index in [2.05, 4.69) is 20.5 Å². The molecule has 3 aromatic rings. The number of carboxylic acid groups (broad SMARTS) is 1. The van der Waals surface area contributed by atoms with E-state index < -0.39 is 6.09 Å². The second-order valence-electron chi connectivity index (χ2n) is 5.82. The van der Waals surface area contributed by atoms with Crippen molar-refractivity contribution in [3.05, 3.63) is 47.5 Å². The molecule has 0 radical (unpaired) electrons. The zero-order chi connectivity index (χ0) is 17.4. The zero-order valence-electron chi connectivity index (χ0n) is 13.0. The predicted molar refractivity (Wildman–Crippen MR) is 89.3 cm³/mol. The molecule has 0 spiro atoms. The van der Waals surface area contributed by atoms with Crippen LogP contribution >= 0.6 is 11.3 Å². The summed E-state index contributed by atoms with van der Waals surface area (Å²) in [5.74, 6) is 0.752. The van der Waals surface area contributed by atoms with Crippen molar-refractivity contribution in [1.82, 2.24) is 25.1 Å². The molecule has 25 heavy (non-hydrogen) atoms. The molecular weight excluding hydrogens is 345 g/mol. The Morgan fingerprint density at radius 3 is 2.80 bits per heavy atom. The fourth-order valence-electron chi connectivity index (χ4n) is 3.02. The van der Waals surface area contributed by atoms with Gasteiger partial charge in [0.15, 0.2) is 10.8 Å². The van der Waals surface area contributed by atoms with Gasteiger partial charge in [0.2, 0.25) is 0 Å². The van der Waals surface area contributed by atoms with Gasteiger partial charge in [-0.15, -0.1) is 21.5 Å². The summed E-state index contributed by atoms with van der Waals surface area (Å²) in [5, 5.41) is 22.2. The minimum Gasteiger partial charge on any atom is -0.465 e. The number of nitrogens with zero attached hydrogens (tertiary/aromatic N) is 4. The Labute approximate surface area is 146 Å². The Balaban J connectivity index is 1.74. The van der Waals surface area contributed by atoms with Crippen LogP contribution < -0.4 is 5.32 Å². The van der Waals surface area contributed by atoms with Crippen molar-refractivity contribution in [3.8, 4) is 16.5 Å². The van der Waals surface area contributed by atoms with Crippen molar-refractivity contribution >= 4 is 17.4 Å². The summed E-state index contributed by atoms with van der Waals surface area (Å²) < 4.78 is 16.1. The van der Waals surface area contributed by atoms with Crippen molar-refractivity contribution in [3.63, 3.8) is 0 Å². The van der Waals surface area contributed by atoms with E-state index in [0.717, 1.165) is 0 Å². The van der Waals surface area contributed by atoms with Gasteiger partial charge in [-0.3, -0.25) is 4.57 Å². The van der Waals surface area contributed by atoms with Crippen LogP contribution in [0.15, 0.2) is 35.8 Å². The van der Waals surface area contributed by atoms with Crippen LogP contribution in [-0.2, 0) is 0 Å². The first-order valence-electron chi connectivity index (χ1n) is 7.73. The molecule has 1 amide bonds. The molecule has 1 saturated carbocycles. The first-order chi connectivity index (χ1) is 12.1. The molecule has 2 N–H and O–H groups in total. The van der Waals surface area contributed by atoms with Gasteiger partial charge in [0, 0.05) is 23.5 Å². The molecule has 2 aromatic heterocycles. The summed E-state index contributed by atoms with van der Waals surface area (Å²) >= 11 is 1.40. The summed E-state index contributed by atoms with van der Waals surface area (Å²) in [6.45, 7) is 0. The quantitative estimate of drug-likeness (QED) is 0.747. The second-order valence-corrected chi connectivity index (χ2v) is 6.72. The number of carbonyl (C=O) groups is 1. The Morgan fingerprint density at radius 1 is 1.32 bits per heavy atom. The Morgan fingerprint density at radius 2 is 2.12 bits per heavy atom. The summed E-state index contributed by atoms with van der Waals surface area (Å²) in [6, 6.07) is 6.33. The lowest BCUT2D eigenvalue weighted by molar-refractivity contribution is 0.176. The Hall–Kier alpha value is -2.81. The molecule has 0 bridgehead atoms. The SMILES string of the molecule is O=C(O)NC1CC(c2nnc(-c3nccs3)n2-c2ccccc2F)C1. The Bertz CT molecular complexity index is 905. The van der Waals surface area contributed by atoms with Gasteiger partial charge in [-0.05, 0) is 25.0 Å². The molecule has 2 heterocycles. The second kappa shape index (κ2) is 6.25. The van der Waals surface area contributed by atoms with Crippen LogP contribution in [0.2, 0.25) is 0 Å². The van der Waals surface area contributed by atoms with Gasteiger partial charge >= 0.3 is 6.09 Å². The lowest BCUT2D eigenvalue weighted by Crippen LogP contribution is -2.43. The van der Waals surface area contributed by atoms with Crippen LogP contribution in [0.4, 0.5) is 9.18 Å². The number of hydrogen-bond donors (Lipinski definition) is 2. The lowest BCUT2D eigenvalue weighted by Gasteiger charge is -2.34. The number of nitrogens with one attached hydrogen (secondary N) is 1. The number of rotatable bonds is 4. The van der Waals surface area contributed by atoms with Crippen LogP contribution in [0.3, 0.4) is 0 Å². The van der Waals surface area contributed by atoms with Crippen molar-refractivity contribution in [2.75, 3.05) is 0 Å². The number of thiazole rings is 1. The molecule has 0 saturated heterocycles. The molecule has 0 aliphatic heterocycles. The third-order valence-corrected chi connectivity index (χ3v) is 5.00. The minimum absolute atomic E-state index is 0.0117. The van der Waals surface area contributed by atoms with E-state index in [1.807, 2.05) is 5.38 Å². The average molecular weight is 359 g/mol. The average Bonchev–Trinajstić information content (AvgIpc) is 3.20. The molecule has 0 atom stereocenters. The molecule has 1 aromatic carbocycles. The molecule has 128 valence electrons. The third kappa shape index (κ3) is 2.86. The Kier molecular flexibility index (Phi) is 3.92. The molecule has 1 fully saturated rings. The fourth-order valence-corrected chi connectivity index (χ4v) is 3.63. The van der Waals surface area contributed by atoms with E-state index in [0.29, 0.717) is 35.2 Å². The normalized spacial score (nSPS) is 19.4. The third-order valence-electron chi connectivity index (χ3n) is 4.24. The number of benzene rings is 1. The maximum atomic E-state index is 14.4. The standard InChI is InChI=1S/C16H14FN5O2S/c17-11-3-1-2-4-12(11)22-13(9-7-10(8-9)19-16(23)24)20-21-14(22)15-18-5-6-25-15/h1-6,9-10,19H,7-8H2,(H,23,24). The van der Waals surface area contributed by atoms with Gasteiger partial charge in [0.25, 0.3) is 0 Å². The highest BCUT2D eigenvalue weighted by Gasteiger charge is 2.36. The summed E-state index contributed by atoms with van der Waals surface area (Å²) in [6.07, 6.45) is 1.84. The van der Waals surface area contributed by atoms with Gasteiger partial charge in [-0.1, -0.05) is 12.1 Å². The van der Waals surface area contributed by atoms with Gasteiger partial charge in [-0.25, -0.2) is 14.2 Å². The van der Waals surface area contributed by atoms with E-state index in [9.17, 15) is 9.18 Å². The maximum Gasteiger partial charge on any atom is 0.404 e. The van der Waals surface area contributed by atoms with E-state index >= 15 is 0 Å². The lowest BCUT2D eigenvalue weighted by atomic mass is 9.79. The number of aromatic nitrogens is 4. The smallest absolute Gasteiger partial charge is 0.404 e. The van der Waals surface area contributed by atoms with Crippen LogP contribution in [0.5, 0.6) is 0 Å². The van der Waals surface area contributed by atoms with Gasteiger partial charge in [0.1, 0.15) is 11.6 Å². The molecule has 1 aliphatic rings. The topological polar surface area (TPSA) is 92.9 Å². The molecule has 1 aliphatic carbocycles. The van der Waals surface area contributed by atoms with Crippen molar-refractivity contribution < 1.29 is 14.3 Å². The van der Waals surface area contributed by atoms with Crippen LogP contribution in [0, 0.1) is 5.82 Å². The van der Waals surface area contributed by atoms with Crippen LogP contribution in [-0.4, -0.2) is 37.0 Å². The number of hydrogen-bond acceptors (Lipinski definition) is 5. The van der Waals surface area contributed by atoms with E-state index in [1.54, 1.807) is 29.0 Å². The van der Waals surface area contributed by atoms with Crippen LogP contribution in [0.1, 0.15) is 24.6 Å². The summed E-state index contributed by atoms with van der Waals surface area (Å²) in [7, 11) is 0. The largest absolute Gasteiger partial charge is 0.465 e. The fraction of sp³-hybridized carbons (Fsp3) is 0.250. The van der Waals surface area contributed by atoms with Crippen LogP contribution in [0.25, 0.3) is 16.5 Å². The molecule has 9 heteroatoms. The summed E-state index contributed by atoms with van der Waals surface area (Å²) in [4.78, 5) is 15.0. The number of halogens is 1. The maximum absolute atomic E-state index is 14.4. The minimum atomic E-state index is -1.04. The first-order valence-corrected chi connectivity index (χ1v) is 8.61. The summed E-state index contributed by atoms with van der Waals surface area (Å²) in [5.41, 5.74) is 0.363. The molecular formula is C16H14FN5O2S. The van der Waals surface area contributed by atoms with Crippen molar-refractivity contribution in [1.29, 1.82) is 0 Å². The van der Waals surface area contributed by atoms with Crippen molar-refractivity contribution in [2.45, 2.75) is 24.8 Å². The van der Waals surface area contributed by atoms with Gasteiger partial charge in [0.05, 0.1) is 5.69 Å². The zero-order valence-corrected chi connectivity index (χ0v) is 13.8. The predicted octanol–water partition coefficient (Wildman–Crippen LogP) is 3.04. The highest BCUT2D eigenvalue weighted by molar-refractivity contribution is 7.13. The number of amides is 1. The first kappa shape index (κ1) is 15.7. The van der Waals surface area contributed by atoms with E-state index in [1.165, 1.54) is 17.4 Å². The van der Waals surface area contributed by atoms with E-state index in [-0.39, 0.29) is 17.8 Å². The number of para-hydroxylation sites is 1. The highest BCUT2D eigenvalue weighted by atomic mass is 32.1. The molecule has 7 nitrogen and oxygen atoms in total. The monoisotopic (exact) mass is 359 g/mol. The van der Waals surface area contributed by atoms with Gasteiger partial charge < -0.3 is 10.4 Å². The van der Waals surface area contributed by atoms with E-state index in [4.69, 9.17) is 5.11 Å². The molecule has 0 unspecified atom stereocenters.